The molecule has 0 unspecified atom stereocenters. The third kappa shape index (κ3) is 2.10. The molecule has 0 saturated carbocycles. The molecule has 14 heavy (non-hydrogen) atoms. The third-order valence-electron chi connectivity index (χ3n) is 1.87. The minimum atomic E-state index is -0.390. The largest absolute Gasteiger partial charge is 0.376 e. The van der Waals surface area contributed by atoms with Crippen molar-refractivity contribution in [1.82, 2.24) is 0 Å². The van der Waals surface area contributed by atoms with Crippen molar-refractivity contribution < 1.29 is 4.92 Å². The predicted molar refractivity (Wildman–Crippen MR) is 56.5 cm³/mol. The Morgan fingerprint density at radius 1 is 1.64 bits per heavy atom. The summed E-state index contributed by atoms with van der Waals surface area (Å²) in [6.45, 7) is 5.90. The van der Waals surface area contributed by atoms with Gasteiger partial charge in [0.05, 0.1) is 4.92 Å². The zero-order chi connectivity index (χ0) is 10.6. The van der Waals surface area contributed by atoms with Gasteiger partial charge < -0.3 is 5.32 Å². The Morgan fingerprint density at radius 3 is 2.93 bits per heavy atom. The minimum absolute atomic E-state index is 0.104. The highest BCUT2D eigenvalue weighted by Gasteiger charge is 2.13. The summed E-state index contributed by atoms with van der Waals surface area (Å²) >= 11 is 0. The Morgan fingerprint density at radius 2 is 2.36 bits per heavy atom. The van der Waals surface area contributed by atoms with Gasteiger partial charge in [0.2, 0.25) is 0 Å². The molecule has 0 aromatic heterocycles. The monoisotopic (exact) mass is 192 g/mol. The summed E-state index contributed by atoms with van der Waals surface area (Å²) in [5.41, 5.74) is 1.53. The minimum Gasteiger partial charge on any atom is -0.376 e. The van der Waals surface area contributed by atoms with Crippen LogP contribution in [-0.2, 0) is 0 Å². The van der Waals surface area contributed by atoms with Gasteiger partial charge in [0.25, 0.3) is 5.69 Å². The summed E-state index contributed by atoms with van der Waals surface area (Å²) in [4.78, 5) is 10.3. The summed E-state index contributed by atoms with van der Waals surface area (Å²) in [5, 5.41) is 13.6. The van der Waals surface area contributed by atoms with Gasteiger partial charge in [-0.15, -0.1) is 6.58 Å². The summed E-state index contributed by atoms with van der Waals surface area (Å²) in [7, 11) is 0. The molecule has 0 aliphatic heterocycles. The number of aryl methyl sites for hydroxylation is 1. The number of para-hydroxylation sites is 1. The van der Waals surface area contributed by atoms with Crippen molar-refractivity contribution in [3.63, 3.8) is 0 Å². The number of nitro groups is 1. The summed E-state index contributed by atoms with van der Waals surface area (Å²) in [6, 6.07) is 4.99. The van der Waals surface area contributed by atoms with Crippen molar-refractivity contribution in [3.8, 4) is 0 Å². The van der Waals surface area contributed by atoms with Gasteiger partial charge in [0.15, 0.2) is 0 Å². The number of benzene rings is 1. The normalized spacial score (nSPS) is 9.50. The van der Waals surface area contributed by atoms with Gasteiger partial charge in [-0.1, -0.05) is 18.2 Å². The van der Waals surface area contributed by atoms with Crippen LogP contribution < -0.4 is 5.32 Å². The fourth-order valence-corrected chi connectivity index (χ4v) is 1.21. The molecule has 0 atom stereocenters. The van der Waals surface area contributed by atoms with E-state index in [0.29, 0.717) is 12.2 Å². The highest BCUT2D eigenvalue weighted by Crippen LogP contribution is 2.27. The Balaban J connectivity index is 3.08. The molecule has 0 fully saturated rings. The maximum atomic E-state index is 10.7. The zero-order valence-corrected chi connectivity index (χ0v) is 7.99. The highest BCUT2D eigenvalue weighted by molar-refractivity contribution is 5.66. The molecule has 0 amide bonds. The molecule has 4 nitrogen and oxygen atoms in total. The molecule has 0 saturated heterocycles. The molecule has 0 spiro atoms. The van der Waals surface area contributed by atoms with Crippen LogP contribution in [-0.4, -0.2) is 11.5 Å². The average Bonchev–Trinajstić information content (AvgIpc) is 2.15. The lowest BCUT2D eigenvalue weighted by Gasteiger charge is -2.07. The van der Waals surface area contributed by atoms with E-state index >= 15 is 0 Å². The molecule has 4 heteroatoms. The van der Waals surface area contributed by atoms with Gasteiger partial charge >= 0.3 is 0 Å². The first kappa shape index (κ1) is 10.2. The second kappa shape index (κ2) is 4.41. The van der Waals surface area contributed by atoms with Crippen molar-refractivity contribution in [1.29, 1.82) is 0 Å². The molecule has 0 bridgehead atoms. The van der Waals surface area contributed by atoms with Crippen LogP contribution in [0, 0.1) is 17.0 Å². The van der Waals surface area contributed by atoms with Gasteiger partial charge in [-0.25, -0.2) is 0 Å². The van der Waals surface area contributed by atoms with E-state index in [4.69, 9.17) is 0 Å². The van der Waals surface area contributed by atoms with Crippen LogP contribution in [0.25, 0.3) is 0 Å². The topological polar surface area (TPSA) is 55.2 Å². The highest BCUT2D eigenvalue weighted by atomic mass is 16.6. The molecular formula is C10H12N2O2. The maximum absolute atomic E-state index is 10.7. The van der Waals surface area contributed by atoms with Gasteiger partial charge in [0.1, 0.15) is 5.69 Å². The van der Waals surface area contributed by atoms with Crippen LogP contribution >= 0.6 is 0 Å². The first-order valence-corrected chi connectivity index (χ1v) is 4.25. The average molecular weight is 192 g/mol. The summed E-state index contributed by atoms with van der Waals surface area (Å²) in [5.74, 6) is 0. The Hall–Kier alpha value is -1.84. The van der Waals surface area contributed by atoms with E-state index in [9.17, 15) is 10.1 Å². The zero-order valence-electron chi connectivity index (χ0n) is 7.99. The van der Waals surface area contributed by atoms with E-state index in [1.54, 1.807) is 12.1 Å². The van der Waals surface area contributed by atoms with Crippen molar-refractivity contribution >= 4 is 11.4 Å². The van der Waals surface area contributed by atoms with Gasteiger partial charge in [-0.3, -0.25) is 10.1 Å². The van der Waals surface area contributed by atoms with Crippen LogP contribution in [0.1, 0.15) is 5.56 Å². The van der Waals surface area contributed by atoms with Crippen molar-refractivity contribution in [2.45, 2.75) is 6.92 Å². The smallest absolute Gasteiger partial charge is 0.292 e. The van der Waals surface area contributed by atoms with Crippen LogP contribution in [0.15, 0.2) is 30.9 Å². The van der Waals surface area contributed by atoms with Crippen LogP contribution in [0.5, 0.6) is 0 Å². The molecular weight excluding hydrogens is 180 g/mol. The molecule has 0 heterocycles. The predicted octanol–water partition coefficient (Wildman–Crippen LogP) is 2.50. The maximum Gasteiger partial charge on any atom is 0.292 e. The Labute approximate surface area is 82.4 Å². The number of anilines is 1. The SMILES string of the molecule is C=CCNc1c(C)cccc1[N+](=O)[O-]. The molecule has 0 radical (unpaired) electrons. The molecule has 1 aromatic rings. The number of nitrogens with zero attached hydrogens (tertiary/aromatic N) is 1. The third-order valence-corrected chi connectivity index (χ3v) is 1.87. The number of nitro benzene ring substituents is 1. The second-order valence-electron chi connectivity index (χ2n) is 2.90. The van der Waals surface area contributed by atoms with E-state index in [0.717, 1.165) is 5.56 Å². The number of hydrogen-bond donors (Lipinski definition) is 1. The first-order chi connectivity index (χ1) is 6.66. The van der Waals surface area contributed by atoms with Crippen molar-refractivity contribution in [2.24, 2.45) is 0 Å². The van der Waals surface area contributed by atoms with E-state index < -0.39 is 4.92 Å². The number of rotatable bonds is 4. The van der Waals surface area contributed by atoms with Crippen LogP contribution in [0.4, 0.5) is 11.4 Å². The van der Waals surface area contributed by atoms with E-state index in [-0.39, 0.29) is 5.69 Å². The van der Waals surface area contributed by atoms with Crippen molar-refractivity contribution in [3.05, 3.63) is 46.5 Å². The molecule has 0 aliphatic rings. The van der Waals surface area contributed by atoms with Crippen LogP contribution in [0.3, 0.4) is 0 Å². The van der Waals surface area contributed by atoms with E-state index in [1.807, 2.05) is 13.0 Å². The number of hydrogen-bond acceptors (Lipinski definition) is 3. The lowest BCUT2D eigenvalue weighted by molar-refractivity contribution is -0.384. The van der Waals surface area contributed by atoms with Crippen molar-refractivity contribution in [2.75, 3.05) is 11.9 Å². The quantitative estimate of drug-likeness (QED) is 0.453. The van der Waals surface area contributed by atoms with E-state index in [1.165, 1.54) is 6.07 Å². The van der Waals surface area contributed by atoms with Gasteiger partial charge in [-0.05, 0) is 12.5 Å². The molecule has 0 aliphatic carbocycles. The van der Waals surface area contributed by atoms with Gasteiger partial charge in [0, 0.05) is 12.6 Å². The summed E-state index contributed by atoms with van der Waals surface area (Å²) in [6.07, 6.45) is 1.66. The molecule has 1 aromatic carbocycles. The molecule has 74 valence electrons. The molecule has 1 rings (SSSR count). The van der Waals surface area contributed by atoms with Crippen LogP contribution in [0.2, 0.25) is 0 Å². The van der Waals surface area contributed by atoms with Gasteiger partial charge in [-0.2, -0.15) is 0 Å². The lowest BCUT2D eigenvalue weighted by Crippen LogP contribution is -2.03. The first-order valence-electron chi connectivity index (χ1n) is 4.25. The molecule has 1 N–H and O–H groups in total. The summed E-state index contributed by atoms with van der Waals surface area (Å²) < 4.78 is 0. The fourth-order valence-electron chi connectivity index (χ4n) is 1.21. The Kier molecular flexibility index (Phi) is 3.23. The standard InChI is InChI=1S/C10H12N2O2/c1-3-7-11-10-8(2)5-4-6-9(10)12(13)14/h3-6,11H,1,7H2,2H3. The second-order valence-corrected chi connectivity index (χ2v) is 2.90. The Bertz CT molecular complexity index is 361. The lowest BCUT2D eigenvalue weighted by atomic mass is 10.1. The van der Waals surface area contributed by atoms with E-state index in [2.05, 4.69) is 11.9 Å². The number of nitrogens with one attached hydrogen (secondary N) is 1. The fraction of sp³-hybridized carbons (Fsp3) is 0.200.